The molecular weight excluding hydrogens is 372 g/mol. The fraction of sp³-hybridized carbons (Fsp3) is 0.273. The van der Waals surface area contributed by atoms with E-state index in [0.29, 0.717) is 11.8 Å². The Balaban J connectivity index is 1.61. The fourth-order valence-corrected chi connectivity index (χ4v) is 5.37. The summed E-state index contributed by atoms with van der Waals surface area (Å²) in [7, 11) is 0. The van der Waals surface area contributed by atoms with Crippen molar-refractivity contribution in [3.05, 3.63) is 87.8 Å². The van der Waals surface area contributed by atoms with Gasteiger partial charge >= 0.3 is 0 Å². The number of nitrogens with zero attached hydrogens (tertiary/aromatic N) is 2. The number of fused-ring (bicyclic) bond motifs is 1. The van der Waals surface area contributed by atoms with Crippen LogP contribution in [-0.2, 0) is 19.4 Å². The molecule has 1 atom stereocenters. The highest BCUT2D eigenvalue weighted by Crippen LogP contribution is 2.34. The molecule has 0 fully saturated rings. The van der Waals surface area contributed by atoms with Crippen LogP contribution in [0, 0.1) is 0 Å². The Morgan fingerprint density at radius 3 is 2.44 bits per heavy atom. The van der Waals surface area contributed by atoms with E-state index >= 15 is 0 Å². The molecular formula is C22H22N2OS2. The number of benzene rings is 2. The van der Waals surface area contributed by atoms with Crippen LogP contribution in [0.3, 0.4) is 0 Å². The van der Waals surface area contributed by atoms with Crippen LogP contribution in [0.4, 0.5) is 0 Å². The monoisotopic (exact) mass is 394 g/mol. The Hall–Kier alpha value is -1.98. The topological polar surface area (TPSA) is 34.9 Å². The molecule has 3 nitrogen and oxygen atoms in total. The summed E-state index contributed by atoms with van der Waals surface area (Å²) in [6, 6.07) is 20.6. The lowest BCUT2D eigenvalue weighted by Gasteiger charge is -2.14. The van der Waals surface area contributed by atoms with Gasteiger partial charge < -0.3 is 0 Å². The van der Waals surface area contributed by atoms with E-state index in [1.54, 1.807) is 23.5 Å². The summed E-state index contributed by atoms with van der Waals surface area (Å²) in [5.74, 6) is 0.909. The molecule has 2 heterocycles. The lowest BCUT2D eigenvalue weighted by Crippen LogP contribution is -2.26. The molecule has 3 aromatic rings. The lowest BCUT2D eigenvalue weighted by molar-refractivity contribution is 0.614. The molecule has 2 aromatic carbocycles. The van der Waals surface area contributed by atoms with Gasteiger partial charge in [-0.1, -0.05) is 79.3 Å². The molecule has 0 amide bonds. The van der Waals surface area contributed by atoms with Crippen LogP contribution in [0.5, 0.6) is 0 Å². The largest absolute Gasteiger partial charge is 0.282 e. The van der Waals surface area contributed by atoms with Crippen LogP contribution in [0.15, 0.2) is 75.5 Å². The van der Waals surface area contributed by atoms with Gasteiger partial charge in [0, 0.05) is 17.4 Å². The standard InChI is InChI=1S/C22H22N2OS2/c1-16-14-19-20(27-16)21(25)24(15-18-10-6-3-7-11-18)22(23-19)26-13-12-17-8-4-2-5-9-17/h2-11,16H,12-15H2,1H3. The third kappa shape index (κ3) is 4.30. The zero-order valence-corrected chi connectivity index (χ0v) is 16.9. The zero-order chi connectivity index (χ0) is 18.6. The Bertz CT molecular complexity index is 971. The summed E-state index contributed by atoms with van der Waals surface area (Å²) in [5, 5.41) is 1.27. The summed E-state index contributed by atoms with van der Waals surface area (Å²) >= 11 is 3.35. The number of aromatic nitrogens is 2. The minimum Gasteiger partial charge on any atom is -0.282 e. The van der Waals surface area contributed by atoms with Gasteiger partial charge in [-0.25, -0.2) is 4.98 Å². The molecule has 0 aliphatic carbocycles. The van der Waals surface area contributed by atoms with Crippen LogP contribution in [0.2, 0.25) is 0 Å². The minimum atomic E-state index is 0.111. The highest BCUT2D eigenvalue weighted by atomic mass is 32.2. The van der Waals surface area contributed by atoms with Crippen molar-refractivity contribution in [3.63, 3.8) is 0 Å². The molecule has 0 saturated heterocycles. The summed E-state index contributed by atoms with van der Waals surface area (Å²) in [6.07, 6.45) is 1.85. The van der Waals surface area contributed by atoms with Crippen LogP contribution >= 0.6 is 23.5 Å². The summed E-state index contributed by atoms with van der Waals surface area (Å²) in [4.78, 5) is 18.9. The molecule has 1 aromatic heterocycles. The first-order chi connectivity index (χ1) is 13.2. The number of aryl methyl sites for hydroxylation is 1. The Morgan fingerprint density at radius 1 is 1.07 bits per heavy atom. The van der Waals surface area contributed by atoms with Crippen molar-refractivity contribution in [1.82, 2.24) is 9.55 Å². The second-order valence-corrected chi connectivity index (χ2v) is 9.27. The summed E-state index contributed by atoms with van der Waals surface area (Å²) in [6.45, 7) is 2.73. The van der Waals surface area contributed by atoms with Gasteiger partial charge in [-0.3, -0.25) is 9.36 Å². The van der Waals surface area contributed by atoms with Gasteiger partial charge in [0.1, 0.15) is 0 Å². The van der Waals surface area contributed by atoms with E-state index in [4.69, 9.17) is 4.98 Å². The van der Waals surface area contributed by atoms with Crippen LogP contribution in [-0.4, -0.2) is 20.6 Å². The highest BCUT2D eigenvalue weighted by molar-refractivity contribution is 8.00. The maximum Gasteiger partial charge on any atom is 0.268 e. The van der Waals surface area contributed by atoms with E-state index in [2.05, 4.69) is 43.3 Å². The molecule has 27 heavy (non-hydrogen) atoms. The molecule has 0 saturated carbocycles. The van der Waals surface area contributed by atoms with E-state index in [1.807, 2.05) is 28.8 Å². The molecule has 0 spiro atoms. The van der Waals surface area contributed by atoms with Crippen molar-refractivity contribution in [1.29, 1.82) is 0 Å². The molecule has 1 aliphatic rings. The molecule has 1 aliphatic heterocycles. The van der Waals surface area contributed by atoms with Crippen molar-refractivity contribution in [2.24, 2.45) is 0 Å². The van der Waals surface area contributed by atoms with Crippen molar-refractivity contribution in [2.75, 3.05) is 5.75 Å². The highest BCUT2D eigenvalue weighted by Gasteiger charge is 2.26. The molecule has 0 radical (unpaired) electrons. The Kier molecular flexibility index (Phi) is 5.69. The molecule has 0 bridgehead atoms. The van der Waals surface area contributed by atoms with Gasteiger partial charge in [-0.15, -0.1) is 11.8 Å². The Morgan fingerprint density at radius 2 is 1.74 bits per heavy atom. The lowest BCUT2D eigenvalue weighted by atomic mass is 10.2. The van der Waals surface area contributed by atoms with Gasteiger partial charge in [0.15, 0.2) is 5.16 Å². The number of hydrogen-bond donors (Lipinski definition) is 0. The second-order valence-electron chi connectivity index (χ2n) is 6.76. The first kappa shape index (κ1) is 18.4. The van der Waals surface area contributed by atoms with Crippen molar-refractivity contribution < 1.29 is 0 Å². The third-order valence-electron chi connectivity index (χ3n) is 4.61. The molecule has 0 N–H and O–H groups in total. The van der Waals surface area contributed by atoms with Crippen LogP contribution in [0.25, 0.3) is 0 Å². The molecule has 1 unspecified atom stereocenters. The van der Waals surface area contributed by atoms with Crippen molar-refractivity contribution in [3.8, 4) is 0 Å². The first-order valence-corrected chi connectivity index (χ1v) is 11.1. The normalized spacial score (nSPS) is 15.7. The maximum atomic E-state index is 13.2. The smallest absolute Gasteiger partial charge is 0.268 e. The van der Waals surface area contributed by atoms with Gasteiger partial charge in [0.25, 0.3) is 5.56 Å². The third-order valence-corrected chi connectivity index (χ3v) is 6.80. The van der Waals surface area contributed by atoms with Gasteiger partial charge in [0.2, 0.25) is 0 Å². The zero-order valence-electron chi connectivity index (χ0n) is 15.3. The van der Waals surface area contributed by atoms with Crippen molar-refractivity contribution >= 4 is 23.5 Å². The van der Waals surface area contributed by atoms with E-state index in [-0.39, 0.29) is 5.56 Å². The SMILES string of the molecule is CC1Cc2nc(SCCc3ccccc3)n(Cc3ccccc3)c(=O)c2S1. The van der Waals surface area contributed by atoms with Crippen LogP contribution in [0.1, 0.15) is 23.7 Å². The molecule has 4 rings (SSSR count). The summed E-state index contributed by atoms with van der Waals surface area (Å²) in [5.41, 5.74) is 3.53. The minimum absolute atomic E-state index is 0.111. The number of rotatable bonds is 6. The van der Waals surface area contributed by atoms with E-state index in [9.17, 15) is 4.79 Å². The number of hydrogen-bond acceptors (Lipinski definition) is 4. The van der Waals surface area contributed by atoms with Gasteiger partial charge in [-0.2, -0.15) is 0 Å². The van der Waals surface area contributed by atoms with E-state index in [0.717, 1.165) is 39.9 Å². The average Bonchev–Trinajstić information content (AvgIpc) is 3.07. The number of thioether (sulfide) groups is 2. The van der Waals surface area contributed by atoms with Gasteiger partial charge in [0.05, 0.1) is 17.1 Å². The predicted octanol–water partition coefficient (Wildman–Crippen LogP) is 4.66. The summed E-state index contributed by atoms with van der Waals surface area (Å²) < 4.78 is 1.86. The average molecular weight is 395 g/mol. The van der Waals surface area contributed by atoms with Gasteiger partial charge in [-0.05, 0) is 17.5 Å². The molecule has 138 valence electrons. The van der Waals surface area contributed by atoms with E-state index < -0.39 is 0 Å². The quantitative estimate of drug-likeness (QED) is 0.450. The van der Waals surface area contributed by atoms with Crippen molar-refractivity contribution in [2.45, 2.75) is 41.6 Å². The van der Waals surface area contributed by atoms with Crippen LogP contribution < -0.4 is 5.56 Å². The maximum absolute atomic E-state index is 13.2. The van der Waals surface area contributed by atoms with E-state index in [1.165, 1.54) is 5.56 Å². The fourth-order valence-electron chi connectivity index (χ4n) is 3.25. The first-order valence-electron chi connectivity index (χ1n) is 9.22. The second kappa shape index (κ2) is 8.36. The Labute approximate surface area is 168 Å². The predicted molar refractivity (Wildman–Crippen MR) is 114 cm³/mol. The molecule has 5 heteroatoms.